The van der Waals surface area contributed by atoms with Gasteiger partial charge in [-0.05, 0) is 60.5 Å². The van der Waals surface area contributed by atoms with Crippen LogP contribution in [0.5, 0.6) is 17.2 Å². The summed E-state index contributed by atoms with van der Waals surface area (Å²) in [6.07, 6.45) is 0.515. The summed E-state index contributed by atoms with van der Waals surface area (Å²) in [6, 6.07) is 27.7. The molecule has 0 spiro atoms. The molecule has 2 N–H and O–H groups in total. The minimum atomic E-state index is -3.96. The van der Waals surface area contributed by atoms with Gasteiger partial charge < -0.3 is 14.8 Å². The molecule has 4 rings (SSSR count). The highest BCUT2D eigenvalue weighted by molar-refractivity contribution is 7.89. The zero-order valence-corrected chi connectivity index (χ0v) is 21.6. The number of amides is 1. The van der Waals surface area contributed by atoms with E-state index in [0.717, 1.165) is 5.56 Å². The number of carbonyl (C=O) groups is 1. The molecule has 37 heavy (non-hydrogen) atoms. The van der Waals surface area contributed by atoms with Crippen molar-refractivity contribution in [3.05, 3.63) is 113 Å². The first-order valence-corrected chi connectivity index (χ1v) is 13.3. The molecule has 0 aliphatic carbocycles. The molecular formula is C28H25ClN2O5S. The zero-order chi connectivity index (χ0) is 26.3. The Hall–Kier alpha value is -3.85. The summed E-state index contributed by atoms with van der Waals surface area (Å²) in [4.78, 5) is 13.0. The molecule has 0 aliphatic heterocycles. The third-order valence-electron chi connectivity index (χ3n) is 5.42. The van der Waals surface area contributed by atoms with Crippen LogP contribution in [0.4, 0.5) is 5.69 Å². The number of nitrogens with one attached hydrogen (secondary N) is 2. The van der Waals surface area contributed by atoms with Gasteiger partial charge in [0.05, 0.1) is 12.8 Å². The lowest BCUT2D eigenvalue weighted by atomic mass is 10.2. The van der Waals surface area contributed by atoms with Crippen LogP contribution < -0.4 is 19.5 Å². The van der Waals surface area contributed by atoms with Crippen molar-refractivity contribution in [3.63, 3.8) is 0 Å². The van der Waals surface area contributed by atoms with E-state index in [2.05, 4.69) is 10.0 Å². The molecule has 0 aliphatic rings. The van der Waals surface area contributed by atoms with Gasteiger partial charge in [-0.2, -0.15) is 0 Å². The van der Waals surface area contributed by atoms with Gasteiger partial charge in [0.1, 0.15) is 16.4 Å². The van der Waals surface area contributed by atoms with Gasteiger partial charge in [-0.3, -0.25) is 4.79 Å². The SMILES string of the molecule is COc1ccc(C(=O)Nc2cc(Cl)ccc2Oc2ccccc2)cc1S(=O)(=O)NCCc1ccccc1. The maximum Gasteiger partial charge on any atom is 0.255 e. The number of para-hydroxylation sites is 1. The summed E-state index contributed by atoms with van der Waals surface area (Å²) < 4.78 is 39.9. The third-order valence-corrected chi connectivity index (χ3v) is 7.14. The summed E-state index contributed by atoms with van der Waals surface area (Å²) in [5.74, 6) is 0.552. The van der Waals surface area contributed by atoms with E-state index < -0.39 is 15.9 Å². The van der Waals surface area contributed by atoms with Gasteiger partial charge in [-0.25, -0.2) is 13.1 Å². The number of rotatable bonds is 10. The van der Waals surface area contributed by atoms with Crippen molar-refractivity contribution in [1.29, 1.82) is 0 Å². The Kier molecular flexibility index (Phi) is 8.45. The minimum absolute atomic E-state index is 0.120. The standard InChI is InChI=1S/C28H25ClN2O5S/c1-35-26-14-12-21(18-27(26)37(33,34)30-17-16-20-8-4-2-5-9-20)28(32)31-24-19-22(29)13-15-25(24)36-23-10-6-3-7-11-23/h2-15,18-19,30H,16-17H2,1H3,(H,31,32). The number of benzene rings is 4. The highest BCUT2D eigenvalue weighted by atomic mass is 35.5. The van der Waals surface area contributed by atoms with E-state index >= 15 is 0 Å². The number of hydrogen-bond acceptors (Lipinski definition) is 5. The highest BCUT2D eigenvalue weighted by Crippen LogP contribution is 2.33. The smallest absolute Gasteiger partial charge is 0.255 e. The topological polar surface area (TPSA) is 93.7 Å². The third kappa shape index (κ3) is 6.89. The van der Waals surface area contributed by atoms with Crippen molar-refractivity contribution in [2.24, 2.45) is 0 Å². The number of methoxy groups -OCH3 is 1. The Labute approximate surface area is 221 Å². The Morgan fingerprint density at radius 3 is 2.24 bits per heavy atom. The molecule has 4 aromatic carbocycles. The fourth-order valence-corrected chi connectivity index (χ4v) is 4.98. The zero-order valence-electron chi connectivity index (χ0n) is 20.0. The summed E-state index contributed by atoms with van der Waals surface area (Å²) in [6.45, 7) is 0.189. The molecule has 0 radical (unpaired) electrons. The van der Waals surface area contributed by atoms with E-state index in [1.54, 1.807) is 30.3 Å². The molecule has 0 saturated carbocycles. The molecule has 0 unspecified atom stereocenters. The van der Waals surface area contributed by atoms with Crippen molar-refractivity contribution >= 4 is 33.2 Å². The molecule has 0 fully saturated rings. The van der Waals surface area contributed by atoms with E-state index in [4.69, 9.17) is 21.1 Å². The second-order valence-corrected chi connectivity index (χ2v) is 10.2. The second kappa shape index (κ2) is 11.9. The molecule has 0 bridgehead atoms. The van der Waals surface area contributed by atoms with Crippen LogP contribution in [0.25, 0.3) is 0 Å². The number of carbonyl (C=O) groups excluding carboxylic acids is 1. The van der Waals surface area contributed by atoms with E-state index in [0.29, 0.717) is 28.6 Å². The van der Waals surface area contributed by atoms with Crippen molar-refractivity contribution in [2.45, 2.75) is 11.3 Å². The van der Waals surface area contributed by atoms with Gasteiger partial charge in [0.25, 0.3) is 5.91 Å². The van der Waals surface area contributed by atoms with Gasteiger partial charge >= 0.3 is 0 Å². The Balaban J connectivity index is 1.54. The van der Waals surface area contributed by atoms with Crippen LogP contribution in [0, 0.1) is 0 Å². The van der Waals surface area contributed by atoms with Crippen LogP contribution in [0.3, 0.4) is 0 Å². The van der Waals surface area contributed by atoms with E-state index in [-0.39, 0.29) is 22.8 Å². The van der Waals surface area contributed by atoms with Crippen LogP contribution in [-0.4, -0.2) is 28.0 Å². The van der Waals surface area contributed by atoms with Crippen LogP contribution >= 0.6 is 11.6 Å². The molecule has 0 heterocycles. The predicted octanol–water partition coefficient (Wildman–Crippen LogP) is 5.91. The molecule has 0 atom stereocenters. The largest absolute Gasteiger partial charge is 0.495 e. The number of sulfonamides is 1. The van der Waals surface area contributed by atoms with E-state index in [1.165, 1.54) is 25.3 Å². The monoisotopic (exact) mass is 536 g/mol. The van der Waals surface area contributed by atoms with E-state index in [1.807, 2.05) is 48.5 Å². The van der Waals surface area contributed by atoms with Crippen LogP contribution in [0.2, 0.25) is 5.02 Å². The van der Waals surface area contributed by atoms with Gasteiger partial charge in [-0.1, -0.05) is 60.1 Å². The normalized spacial score (nSPS) is 11.1. The molecule has 4 aromatic rings. The molecule has 7 nitrogen and oxygen atoms in total. The molecular weight excluding hydrogens is 512 g/mol. The number of halogens is 1. The first-order chi connectivity index (χ1) is 17.9. The highest BCUT2D eigenvalue weighted by Gasteiger charge is 2.22. The Morgan fingerprint density at radius 2 is 1.54 bits per heavy atom. The number of hydrogen-bond donors (Lipinski definition) is 2. The average Bonchev–Trinajstić information content (AvgIpc) is 2.91. The maximum atomic E-state index is 13.1. The lowest BCUT2D eigenvalue weighted by Gasteiger charge is -2.15. The van der Waals surface area contributed by atoms with Gasteiger partial charge in [-0.15, -0.1) is 0 Å². The fourth-order valence-electron chi connectivity index (χ4n) is 3.58. The summed E-state index contributed by atoms with van der Waals surface area (Å²) >= 11 is 6.16. The van der Waals surface area contributed by atoms with Crippen LogP contribution in [0.15, 0.2) is 102 Å². The fraction of sp³-hybridized carbons (Fsp3) is 0.107. The second-order valence-electron chi connectivity index (χ2n) is 8.01. The minimum Gasteiger partial charge on any atom is -0.495 e. The number of anilines is 1. The van der Waals surface area contributed by atoms with Gasteiger partial charge in [0.2, 0.25) is 10.0 Å². The Morgan fingerprint density at radius 1 is 0.865 bits per heavy atom. The van der Waals surface area contributed by atoms with Gasteiger partial charge in [0, 0.05) is 17.1 Å². The van der Waals surface area contributed by atoms with Crippen molar-refractivity contribution in [3.8, 4) is 17.2 Å². The molecule has 9 heteroatoms. The quantitative estimate of drug-likeness (QED) is 0.262. The number of ether oxygens (including phenoxy) is 2. The predicted molar refractivity (Wildman–Crippen MR) is 144 cm³/mol. The first-order valence-electron chi connectivity index (χ1n) is 11.4. The summed E-state index contributed by atoms with van der Waals surface area (Å²) in [5, 5.41) is 3.16. The lowest BCUT2D eigenvalue weighted by molar-refractivity contribution is 0.102. The van der Waals surface area contributed by atoms with Crippen molar-refractivity contribution in [1.82, 2.24) is 4.72 Å². The molecule has 1 amide bonds. The van der Waals surface area contributed by atoms with E-state index in [9.17, 15) is 13.2 Å². The molecule has 190 valence electrons. The summed E-state index contributed by atoms with van der Waals surface area (Å²) in [5.41, 5.74) is 1.46. The lowest BCUT2D eigenvalue weighted by Crippen LogP contribution is -2.27. The molecule has 0 saturated heterocycles. The first kappa shape index (κ1) is 26.2. The van der Waals surface area contributed by atoms with Crippen LogP contribution in [0.1, 0.15) is 15.9 Å². The Bertz CT molecular complexity index is 1480. The summed E-state index contributed by atoms with van der Waals surface area (Å²) in [7, 11) is -2.59. The maximum absolute atomic E-state index is 13.1. The van der Waals surface area contributed by atoms with Crippen molar-refractivity contribution < 1.29 is 22.7 Å². The average molecular weight is 537 g/mol. The van der Waals surface area contributed by atoms with Gasteiger partial charge in [0.15, 0.2) is 5.75 Å². The van der Waals surface area contributed by atoms with Crippen molar-refractivity contribution in [2.75, 3.05) is 19.0 Å². The molecule has 0 aromatic heterocycles. The van der Waals surface area contributed by atoms with Crippen LogP contribution in [-0.2, 0) is 16.4 Å².